The molecule has 6 nitrogen and oxygen atoms in total. The number of nitrogens with zero attached hydrogens (tertiary/aromatic N) is 6. The monoisotopic (exact) mass is 374 g/mol. The maximum absolute atomic E-state index is 5.05. The molecule has 0 saturated carbocycles. The minimum Gasteiger partial charge on any atom is -0.356 e. The van der Waals surface area contributed by atoms with Gasteiger partial charge in [-0.2, -0.15) is 4.98 Å². The van der Waals surface area contributed by atoms with Gasteiger partial charge in [0.2, 0.25) is 5.95 Å². The van der Waals surface area contributed by atoms with Crippen molar-refractivity contribution in [3.63, 3.8) is 0 Å². The average molecular weight is 374 g/mol. The van der Waals surface area contributed by atoms with Crippen LogP contribution >= 0.6 is 0 Å². The highest BCUT2D eigenvalue weighted by Gasteiger charge is 2.23. The second kappa shape index (κ2) is 7.62. The molecule has 0 spiro atoms. The van der Waals surface area contributed by atoms with Crippen molar-refractivity contribution in [2.45, 2.75) is 19.3 Å². The predicted octanol–water partition coefficient (Wildman–Crippen LogP) is 3.34. The lowest BCUT2D eigenvalue weighted by atomic mass is 10.1. The first-order valence-electron chi connectivity index (χ1n) is 10.3. The minimum absolute atomic E-state index is 0.861. The Morgan fingerprint density at radius 1 is 0.643 bits per heavy atom. The van der Waals surface area contributed by atoms with Gasteiger partial charge in [0.1, 0.15) is 11.6 Å². The van der Waals surface area contributed by atoms with Gasteiger partial charge in [0, 0.05) is 50.9 Å². The first kappa shape index (κ1) is 17.2. The van der Waals surface area contributed by atoms with E-state index in [1.54, 1.807) is 0 Å². The number of anilines is 3. The molecule has 2 aromatic heterocycles. The lowest BCUT2D eigenvalue weighted by molar-refractivity contribution is 0.573. The summed E-state index contributed by atoms with van der Waals surface area (Å²) in [6.07, 6.45) is 5.67. The molecule has 3 aromatic rings. The zero-order chi connectivity index (χ0) is 18.8. The van der Waals surface area contributed by atoms with Crippen molar-refractivity contribution in [1.82, 2.24) is 15.0 Å². The van der Waals surface area contributed by atoms with Crippen LogP contribution < -0.4 is 14.7 Å². The number of piperidine rings is 1. The fourth-order valence-corrected chi connectivity index (χ4v) is 4.21. The number of benzene rings is 1. The predicted molar refractivity (Wildman–Crippen MR) is 114 cm³/mol. The van der Waals surface area contributed by atoms with Crippen LogP contribution in [-0.2, 0) is 0 Å². The number of fused-ring (bicyclic) bond motifs is 1. The SMILES string of the molecule is c1ccc(N2CCN(c3nc(N4CCCCC4)c4ccccc4n3)CC2)nc1. The number of pyridine rings is 1. The van der Waals surface area contributed by atoms with E-state index in [2.05, 4.69) is 50.0 Å². The number of hydrogen-bond acceptors (Lipinski definition) is 6. The van der Waals surface area contributed by atoms with E-state index in [0.29, 0.717) is 0 Å². The summed E-state index contributed by atoms with van der Waals surface area (Å²) in [7, 11) is 0. The molecule has 28 heavy (non-hydrogen) atoms. The molecule has 0 N–H and O–H groups in total. The highest BCUT2D eigenvalue weighted by molar-refractivity contribution is 5.90. The molecule has 6 heteroatoms. The molecule has 5 rings (SSSR count). The highest BCUT2D eigenvalue weighted by Crippen LogP contribution is 2.29. The summed E-state index contributed by atoms with van der Waals surface area (Å²) < 4.78 is 0. The molecule has 0 unspecified atom stereocenters. The standard InChI is InChI=1S/C22H26N6/c1-6-12-27(13-7-1)21-18-8-2-3-9-19(18)24-22(25-21)28-16-14-26(15-17-28)20-10-4-5-11-23-20/h2-5,8-11H,1,6-7,12-17H2. The first-order valence-corrected chi connectivity index (χ1v) is 10.3. The van der Waals surface area contributed by atoms with Gasteiger partial charge in [0.05, 0.1) is 5.52 Å². The molecular formula is C22H26N6. The van der Waals surface area contributed by atoms with Gasteiger partial charge in [-0.25, -0.2) is 9.97 Å². The summed E-state index contributed by atoms with van der Waals surface area (Å²) in [5.41, 5.74) is 1.04. The Labute approximate surface area is 165 Å². The van der Waals surface area contributed by atoms with Gasteiger partial charge in [0.15, 0.2) is 0 Å². The van der Waals surface area contributed by atoms with Crippen molar-refractivity contribution in [3.8, 4) is 0 Å². The largest absolute Gasteiger partial charge is 0.356 e. The Balaban J connectivity index is 1.42. The van der Waals surface area contributed by atoms with E-state index in [1.807, 2.05) is 18.3 Å². The van der Waals surface area contributed by atoms with Crippen LogP contribution in [0.15, 0.2) is 48.7 Å². The number of hydrogen-bond donors (Lipinski definition) is 0. The molecule has 0 amide bonds. The third-order valence-corrected chi connectivity index (χ3v) is 5.76. The zero-order valence-corrected chi connectivity index (χ0v) is 16.2. The van der Waals surface area contributed by atoms with Gasteiger partial charge in [-0.15, -0.1) is 0 Å². The minimum atomic E-state index is 0.861. The third kappa shape index (κ3) is 3.35. The normalized spacial score (nSPS) is 17.9. The second-order valence-corrected chi connectivity index (χ2v) is 7.57. The van der Waals surface area contributed by atoms with Crippen molar-refractivity contribution in [2.75, 3.05) is 54.0 Å². The lowest BCUT2D eigenvalue weighted by Crippen LogP contribution is -2.47. The third-order valence-electron chi connectivity index (χ3n) is 5.76. The summed E-state index contributed by atoms with van der Waals surface area (Å²) >= 11 is 0. The second-order valence-electron chi connectivity index (χ2n) is 7.57. The van der Waals surface area contributed by atoms with Crippen LogP contribution in [0.2, 0.25) is 0 Å². The van der Waals surface area contributed by atoms with Crippen LogP contribution in [0.4, 0.5) is 17.6 Å². The van der Waals surface area contributed by atoms with Gasteiger partial charge >= 0.3 is 0 Å². The fraction of sp³-hybridized carbons (Fsp3) is 0.409. The highest BCUT2D eigenvalue weighted by atomic mass is 15.3. The summed E-state index contributed by atoms with van der Waals surface area (Å²) in [5, 5.41) is 1.17. The number of para-hydroxylation sites is 1. The molecule has 2 aliphatic heterocycles. The topological polar surface area (TPSA) is 48.4 Å². The smallest absolute Gasteiger partial charge is 0.228 e. The Morgan fingerprint density at radius 2 is 1.39 bits per heavy atom. The summed E-state index contributed by atoms with van der Waals surface area (Å²) in [6, 6.07) is 14.5. The first-order chi connectivity index (χ1) is 13.9. The van der Waals surface area contributed by atoms with Gasteiger partial charge in [-0.3, -0.25) is 0 Å². The molecule has 0 radical (unpaired) electrons. The molecule has 144 valence electrons. The quantitative estimate of drug-likeness (QED) is 0.701. The molecule has 0 aliphatic carbocycles. The average Bonchev–Trinajstić information content (AvgIpc) is 2.79. The molecule has 2 saturated heterocycles. The fourth-order valence-electron chi connectivity index (χ4n) is 4.21. The van der Waals surface area contributed by atoms with Crippen LogP contribution in [0.5, 0.6) is 0 Å². The van der Waals surface area contributed by atoms with E-state index in [0.717, 1.165) is 62.4 Å². The molecule has 2 fully saturated rings. The van der Waals surface area contributed by atoms with Crippen molar-refractivity contribution in [3.05, 3.63) is 48.7 Å². The van der Waals surface area contributed by atoms with Crippen LogP contribution in [0.3, 0.4) is 0 Å². The Hall–Kier alpha value is -2.89. The van der Waals surface area contributed by atoms with Crippen LogP contribution in [0, 0.1) is 0 Å². The maximum Gasteiger partial charge on any atom is 0.228 e. The zero-order valence-electron chi connectivity index (χ0n) is 16.2. The van der Waals surface area contributed by atoms with E-state index < -0.39 is 0 Å². The molecule has 0 bridgehead atoms. The molecule has 4 heterocycles. The van der Waals surface area contributed by atoms with Gasteiger partial charge in [-0.1, -0.05) is 18.2 Å². The van der Waals surface area contributed by atoms with Gasteiger partial charge < -0.3 is 14.7 Å². The Kier molecular flexibility index (Phi) is 4.69. The number of rotatable bonds is 3. The number of piperazine rings is 1. The van der Waals surface area contributed by atoms with E-state index in [4.69, 9.17) is 9.97 Å². The van der Waals surface area contributed by atoms with E-state index >= 15 is 0 Å². The van der Waals surface area contributed by atoms with Crippen LogP contribution in [0.25, 0.3) is 10.9 Å². The summed E-state index contributed by atoms with van der Waals surface area (Å²) in [5.74, 6) is 3.02. The maximum atomic E-state index is 5.05. The molecule has 1 aromatic carbocycles. The van der Waals surface area contributed by atoms with Crippen molar-refractivity contribution in [2.24, 2.45) is 0 Å². The van der Waals surface area contributed by atoms with Crippen molar-refractivity contribution >= 4 is 28.5 Å². The lowest BCUT2D eigenvalue weighted by Gasteiger charge is -2.36. The molecule has 2 aliphatic rings. The van der Waals surface area contributed by atoms with Gasteiger partial charge in [-0.05, 0) is 43.5 Å². The molecular weight excluding hydrogens is 348 g/mol. The van der Waals surface area contributed by atoms with Crippen LogP contribution in [-0.4, -0.2) is 54.2 Å². The van der Waals surface area contributed by atoms with Crippen molar-refractivity contribution < 1.29 is 0 Å². The van der Waals surface area contributed by atoms with E-state index in [1.165, 1.54) is 24.6 Å². The number of aromatic nitrogens is 3. The summed E-state index contributed by atoms with van der Waals surface area (Å²) in [6.45, 7) is 5.88. The summed E-state index contributed by atoms with van der Waals surface area (Å²) in [4.78, 5) is 21.5. The molecule has 0 atom stereocenters. The van der Waals surface area contributed by atoms with Crippen molar-refractivity contribution in [1.29, 1.82) is 0 Å². The Morgan fingerprint density at radius 3 is 2.18 bits per heavy atom. The Bertz CT molecular complexity index is 930. The van der Waals surface area contributed by atoms with E-state index in [9.17, 15) is 0 Å². The van der Waals surface area contributed by atoms with Gasteiger partial charge in [0.25, 0.3) is 0 Å². The van der Waals surface area contributed by atoms with E-state index in [-0.39, 0.29) is 0 Å². The van der Waals surface area contributed by atoms with Crippen LogP contribution in [0.1, 0.15) is 19.3 Å².